The summed E-state index contributed by atoms with van der Waals surface area (Å²) in [6.45, 7) is 0.900. The first-order chi connectivity index (χ1) is 14.0. The Kier molecular flexibility index (Phi) is 6.08. The van der Waals surface area contributed by atoms with E-state index in [9.17, 15) is 19.7 Å². The normalized spacial score (nSPS) is 10.5. The SMILES string of the molecule is COC(=O)c1cn(CC(=O)NCCNc2ccc([N+](=O)[O-])cc2)c2ccccc12. The molecule has 3 aromatic rings. The number of para-hydroxylation sites is 1. The van der Waals surface area contributed by atoms with E-state index in [1.54, 1.807) is 22.9 Å². The molecule has 150 valence electrons. The first kappa shape index (κ1) is 19.9. The number of hydrogen-bond donors (Lipinski definition) is 2. The van der Waals surface area contributed by atoms with Gasteiger partial charge in [0.2, 0.25) is 5.91 Å². The van der Waals surface area contributed by atoms with Crippen LogP contribution in [0.1, 0.15) is 10.4 Å². The number of ether oxygens (including phenoxy) is 1. The molecule has 0 radical (unpaired) electrons. The second kappa shape index (κ2) is 8.87. The van der Waals surface area contributed by atoms with E-state index in [1.165, 1.54) is 19.2 Å². The summed E-state index contributed by atoms with van der Waals surface area (Å²) in [4.78, 5) is 34.4. The van der Waals surface area contributed by atoms with Crippen LogP contribution in [0.15, 0.2) is 54.7 Å². The number of non-ortho nitro benzene ring substituents is 1. The zero-order chi connectivity index (χ0) is 20.8. The van der Waals surface area contributed by atoms with E-state index >= 15 is 0 Å². The molecule has 0 aliphatic carbocycles. The molecule has 9 nitrogen and oxygen atoms in total. The smallest absolute Gasteiger partial charge is 0.340 e. The Bertz CT molecular complexity index is 1040. The maximum Gasteiger partial charge on any atom is 0.340 e. The number of nitrogens with one attached hydrogen (secondary N) is 2. The largest absolute Gasteiger partial charge is 0.465 e. The van der Waals surface area contributed by atoms with Crippen molar-refractivity contribution in [3.8, 4) is 0 Å². The number of carbonyl (C=O) groups is 2. The number of nitrogens with zero attached hydrogens (tertiary/aromatic N) is 2. The Morgan fingerprint density at radius 3 is 2.52 bits per heavy atom. The standard InChI is InChI=1S/C20H20N4O5/c1-29-20(26)17-12-23(18-5-3-2-4-16(17)18)13-19(25)22-11-10-21-14-6-8-15(9-7-14)24(27)28/h2-9,12,21H,10-11,13H2,1H3,(H,22,25). The van der Waals surface area contributed by atoms with E-state index in [-0.39, 0.29) is 18.1 Å². The summed E-state index contributed by atoms with van der Waals surface area (Å²) in [7, 11) is 1.32. The van der Waals surface area contributed by atoms with Crippen LogP contribution in [0, 0.1) is 10.1 Å². The number of nitro benzene ring substituents is 1. The topological polar surface area (TPSA) is 116 Å². The highest BCUT2D eigenvalue weighted by molar-refractivity contribution is 6.04. The van der Waals surface area contributed by atoms with Gasteiger partial charge in [-0.3, -0.25) is 14.9 Å². The fraction of sp³-hybridized carbons (Fsp3) is 0.200. The number of benzene rings is 2. The van der Waals surface area contributed by atoms with Gasteiger partial charge in [-0.2, -0.15) is 0 Å². The number of hydrogen-bond acceptors (Lipinski definition) is 6. The van der Waals surface area contributed by atoms with Gasteiger partial charge in [0.15, 0.2) is 0 Å². The molecule has 1 amide bonds. The molecular weight excluding hydrogens is 376 g/mol. The lowest BCUT2D eigenvalue weighted by Gasteiger charge is -2.09. The molecule has 0 bridgehead atoms. The number of anilines is 1. The summed E-state index contributed by atoms with van der Waals surface area (Å²) in [5.41, 5.74) is 1.93. The first-order valence-corrected chi connectivity index (χ1v) is 8.91. The van der Waals surface area contributed by atoms with Crippen LogP contribution in [0.3, 0.4) is 0 Å². The Morgan fingerprint density at radius 2 is 1.83 bits per heavy atom. The number of methoxy groups -OCH3 is 1. The summed E-state index contributed by atoms with van der Waals surface area (Å²) in [5.74, 6) is -0.652. The lowest BCUT2D eigenvalue weighted by Crippen LogP contribution is -2.31. The molecular formula is C20H20N4O5. The van der Waals surface area contributed by atoms with Gasteiger partial charge < -0.3 is 19.9 Å². The second-order valence-corrected chi connectivity index (χ2v) is 6.26. The number of nitro groups is 1. The lowest BCUT2D eigenvalue weighted by atomic mass is 10.2. The monoisotopic (exact) mass is 396 g/mol. The first-order valence-electron chi connectivity index (χ1n) is 8.91. The van der Waals surface area contributed by atoms with E-state index in [4.69, 9.17) is 4.74 Å². The predicted molar refractivity (Wildman–Crippen MR) is 108 cm³/mol. The number of rotatable bonds is 8. The van der Waals surface area contributed by atoms with Gasteiger partial charge in [-0.25, -0.2) is 4.79 Å². The maximum absolute atomic E-state index is 12.3. The zero-order valence-electron chi connectivity index (χ0n) is 15.8. The van der Waals surface area contributed by atoms with Crippen molar-refractivity contribution in [3.63, 3.8) is 0 Å². The van der Waals surface area contributed by atoms with Crippen molar-refractivity contribution in [2.45, 2.75) is 6.54 Å². The second-order valence-electron chi connectivity index (χ2n) is 6.26. The van der Waals surface area contributed by atoms with Crippen LogP contribution in [-0.4, -0.2) is 41.6 Å². The molecule has 1 aromatic heterocycles. The van der Waals surface area contributed by atoms with Crippen LogP contribution in [0.2, 0.25) is 0 Å². The van der Waals surface area contributed by atoms with Crippen molar-refractivity contribution >= 4 is 34.2 Å². The van der Waals surface area contributed by atoms with Crippen LogP contribution >= 0.6 is 0 Å². The molecule has 0 unspecified atom stereocenters. The average Bonchev–Trinajstić information content (AvgIpc) is 3.09. The lowest BCUT2D eigenvalue weighted by molar-refractivity contribution is -0.384. The minimum absolute atomic E-state index is 0.0223. The third-order valence-electron chi connectivity index (χ3n) is 4.36. The fourth-order valence-electron chi connectivity index (χ4n) is 2.97. The van der Waals surface area contributed by atoms with Crippen LogP contribution in [-0.2, 0) is 16.1 Å². The fourth-order valence-corrected chi connectivity index (χ4v) is 2.97. The molecule has 3 rings (SSSR count). The molecule has 1 heterocycles. The van der Waals surface area contributed by atoms with Gasteiger partial charge in [-0.15, -0.1) is 0 Å². The number of amides is 1. The number of esters is 1. The molecule has 2 aromatic carbocycles. The van der Waals surface area contributed by atoms with Gasteiger partial charge in [0.1, 0.15) is 6.54 Å². The van der Waals surface area contributed by atoms with Crippen LogP contribution in [0.5, 0.6) is 0 Å². The summed E-state index contributed by atoms with van der Waals surface area (Å²) in [6.07, 6.45) is 1.62. The van der Waals surface area contributed by atoms with Gasteiger partial charge in [-0.05, 0) is 18.2 Å². The van der Waals surface area contributed by atoms with Crippen molar-refractivity contribution in [2.24, 2.45) is 0 Å². The molecule has 29 heavy (non-hydrogen) atoms. The summed E-state index contributed by atoms with van der Waals surface area (Å²) < 4.78 is 6.52. The minimum atomic E-state index is -0.458. The number of aromatic nitrogens is 1. The molecule has 2 N–H and O–H groups in total. The highest BCUT2D eigenvalue weighted by Gasteiger charge is 2.16. The van der Waals surface area contributed by atoms with Gasteiger partial charge in [-0.1, -0.05) is 18.2 Å². The van der Waals surface area contributed by atoms with E-state index in [0.717, 1.165) is 16.6 Å². The maximum atomic E-state index is 12.3. The molecule has 0 fully saturated rings. The molecule has 0 spiro atoms. The van der Waals surface area contributed by atoms with Crippen LogP contribution in [0.4, 0.5) is 11.4 Å². The molecule has 0 saturated carbocycles. The molecule has 0 saturated heterocycles. The molecule has 0 atom stereocenters. The van der Waals surface area contributed by atoms with E-state index in [1.807, 2.05) is 24.3 Å². The number of fused-ring (bicyclic) bond motifs is 1. The Morgan fingerprint density at radius 1 is 1.10 bits per heavy atom. The van der Waals surface area contributed by atoms with Crippen molar-refractivity contribution in [1.29, 1.82) is 0 Å². The summed E-state index contributed by atoms with van der Waals surface area (Å²) >= 11 is 0. The summed E-state index contributed by atoms with van der Waals surface area (Å²) in [5, 5.41) is 17.3. The quantitative estimate of drug-likeness (QED) is 0.262. The van der Waals surface area contributed by atoms with Crippen molar-refractivity contribution in [2.75, 3.05) is 25.5 Å². The Balaban J connectivity index is 1.54. The number of carbonyl (C=O) groups excluding carboxylic acids is 2. The molecule has 0 aliphatic heterocycles. The van der Waals surface area contributed by atoms with E-state index in [2.05, 4.69) is 10.6 Å². The van der Waals surface area contributed by atoms with Crippen molar-refractivity contribution in [3.05, 3.63) is 70.4 Å². The predicted octanol–water partition coefficient (Wildman–Crippen LogP) is 2.56. The Labute approximate surface area is 166 Å². The minimum Gasteiger partial charge on any atom is -0.465 e. The third kappa shape index (κ3) is 4.70. The van der Waals surface area contributed by atoms with E-state index in [0.29, 0.717) is 18.7 Å². The third-order valence-corrected chi connectivity index (χ3v) is 4.36. The van der Waals surface area contributed by atoms with E-state index < -0.39 is 10.9 Å². The highest BCUT2D eigenvalue weighted by atomic mass is 16.6. The molecule has 0 aliphatic rings. The van der Waals surface area contributed by atoms with Gasteiger partial charge in [0, 0.05) is 48.0 Å². The Hall–Kier alpha value is -3.88. The zero-order valence-corrected chi connectivity index (χ0v) is 15.8. The average molecular weight is 396 g/mol. The van der Waals surface area contributed by atoms with Gasteiger partial charge in [0.25, 0.3) is 5.69 Å². The van der Waals surface area contributed by atoms with Crippen LogP contribution in [0.25, 0.3) is 10.9 Å². The highest BCUT2D eigenvalue weighted by Crippen LogP contribution is 2.22. The summed E-state index contributed by atoms with van der Waals surface area (Å²) in [6, 6.07) is 13.4. The molecule has 9 heteroatoms. The van der Waals surface area contributed by atoms with Crippen molar-refractivity contribution < 1.29 is 19.2 Å². The van der Waals surface area contributed by atoms with Crippen LogP contribution < -0.4 is 10.6 Å². The van der Waals surface area contributed by atoms with Crippen molar-refractivity contribution in [1.82, 2.24) is 9.88 Å². The van der Waals surface area contributed by atoms with Gasteiger partial charge in [0.05, 0.1) is 17.6 Å². The van der Waals surface area contributed by atoms with Gasteiger partial charge >= 0.3 is 5.97 Å².